The maximum Gasteiger partial charge on any atom is 0.255 e. The molecule has 2 aliphatic rings. The molecule has 0 aliphatic carbocycles. The summed E-state index contributed by atoms with van der Waals surface area (Å²) in [6.07, 6.45) is 6.64. The number of quaternary nitrogens is 1. The number of fused-ring (bicyclic) bond motifs is 1. The lowest BCUT2D eigenvalue weighted by molar-refractivity contribution is -0.880. The Morgan fingerprint density at radius 2 is 2.17 bits per heavy atom. The Labute approximate surface area is 170 Å². The number of nitrogens with one attached hydrogen (secondary N) is 2. The van der Waals surface area contributed by atoms with Crippen LogP contribution >= 0.6 is 0 Å². The maximum absolute atomic E-state index is 12.8. The Morgan fingerprint density at radius 1 is 1.41 bits per heavy atom. The van der Waals surface area contributed by atoms with E-state index >= 15 is 0 Å². The van der Waals surface area contributed by atoms with E-state index in [1.165, 1.54) is 4.90 Å². The first-order chi connectivity index (χ1) is 13.7. The van der Waals surface area contributed by atoms with E-state index in [1.54, 1.807) is 19.2 Å². The predicted molar refractivity (Wildman–Crippen MR) is 108 cm³/mol. The van der Waals surface area contributed by atoms with Crippen molar-refractivity contribution in [2.45, 2.75) is 51.4 Å². The van der Waals surface area contributed by atoms with E-state index in [9.17, 15) is 19.6 Å². The molecule has 2 aliphatic heterocycles. The zero-order valence-electron chi connectivity index (χ0n) is 16.7. The molecule has 3 atom stereocenters. The lowest BCUT2D eigenvalue weighted by Crippen LogP contribution is -2.52. The van der Waals surface area contributed by atoms with Crippen molar-refractivity contribution >= 4 is 23.4 Å². The highest BCUT2D eigenvalue weighted by Crippen LogP contribution is 2.30. The molecule has 8 heteroatoms. The van der Waals surface area contributed by atoms with Crippen LogP contribution in [-0.4, -0.2) is 53.1 Å². The summed E-state index contributed by atoms with van der Waals surface area (Å²) in [4.78, 5) is 37.7. The molecule has 29 heavy (non-hydrogen) atoms. The highest BCUT2D eigenvalue weighted by Gasteiger charge is 2.39. The van der Waals surface area contributed by atoms with Crippen molar-refractivity contribution in [2.75, 3.05) is 18.9 Å². The maximum atomic E-state index is 12.8. The Hall–Kier alpha value is -2.89. The second-order valence-electron chi connectivity index (χ2n) is 7.80. The molecule has 3 rings (SSSR count). The number of hydrogen-bond acceptors (Lipinski definition) is 5. The van der Waals surface area contributed by atoms with Crippen LogP contribution in [0, 0.1) is 17.6 Å². The lowest BCUT2D eigenvalue weighted by atomic mass is 10.0. The number of imide groups is 1. The van der Waals surface area contributed by atoms with Gasteiger partial charge in [0.15, 0.2) is 6.17 Å². The number of piperidine rings is 1. The third kappa shape index (κ3) is 4.42. The number of benzene rings is 1. The molecule has 1 aromatic rings. The first kappa shape index (κ1) is 20.8. The summed E-state index contributed by atoms with van der Waals surface area (Å²) in [7, 11) is 1.61. The first-order valence-electron chi connectivity index (χ1n) is 9.76. The van der Waals surface area contributed by atoms with E-state index in [0.29, 0.717) is 37.9 Å². The number of terminal acetylenes is 1. The van der Waals surface area contributed by atoms with Crippen LogP contribution in [0.4, 0.5) is 5.69 Å². The van der Waals surface area contributed by atoms with Gasteiger partial charge in [-0.05, 0) is 30.2 Å². The van der Waals surface area contributed by atoms with Crippen molar-refractivity contribution in [3.05, 3.63) is 34.5 Å². The normalized spacial score (nSPS) is 21.8. The quantitative estimate of drug-likeness (QED) is 0.181. The molecule has 0 bridgehead atoms. The number of unbranched alkanes of at least 4 members (excludes halogenated alkanes) is 1. The fourth-order valence-electron chi connectivity index (χ4n) is 3.73. The fourth-order valence-corrected chi connectivity index (χ4v) is 3.73. The van der Waals surface area contributed by atoms with Gasteiger partial charge in [0, 0.05) is 44.0 Å². The molecule has 0 saturated carbocycles. The van der Waals surface area contributed by atoms with Gasteiger partial charge in [-0.3, -0.25) is 19.7 Å². The summed E-state index contributed by atoms with van der Waals surface area (Å²) in [5, 5.41) is 18.3. The molecule has 3 unspecified atom stereocenters. The number of carbonyl (C=O) groups excluding carboxylic acids is 3. The second kappa shape index (κ2) is 8.23. The van der Waals surface area contributed by atoms with Gasteiger partial charge >= 0.3 is 0 Å². The summed E-state index contributed by atoms with van der Waals surface area (Å²) >= 11 is 0. The zero-order chi connectivity index (χ0) is 21.2. The van der Waals surface area contributed by atoms with Gasteiger partial charge in [0.05, 0.1) is 13.6 Å². The summed E-state index contributed by atoms with van der Waals surface area (Å²) < 4.78 is -0.472. The van der Waals surface area contributed by atoms with Crippen molar-refractivity contribution in [3.8, 4) is 12.3 Å². The minimum atomic E-state index is -0.638. The Kier molecular flexibility index (Phi) is 5.91. The molecule has 1 saturated heterocycles. The SMILES string of the molecule is C#CCCC[N+](C)([O-])C(C)Nc1ccc2c(c1)CN(C1CCC(=O)NC1=O)C2=O. The minimum Gasteiger partial charge on any atom is -0.631 e. The molecule has 0 spiro atoms. The number of hydroxylamine groups is 3. The fraction of sp³-hybridized carbons (Fsp3) is 0.476. The van der Waals surface area contributed by atoms with Crippen LogP contribution in [0.2, 0.25) is 0 Å². The molecular weight excluding hydrogens is 372 g/mol. The van der Waals surface area contributed by atoms with Gasteiger partial charge in [-0.1, -0.05) is 0 Å². The van der Waals surface area contributed by atoms with Crippen LogP contribution < -0.4 is 10.6 Å². The third-order valence-electron chi connectivity index (χ3n) is 5.64. The van der Waals surface area contributed by atoms with E-state index in [2.05, 4.69) is 16.6 Å². The van der Waals surface area contributed by atoms with Crippen LogP contribution in [0.3, 0.4) is 0 Å². The first-order valence-corrected chi connectivity index (χ1v) is 9.76. The number of rotatable bonds is 7. The molecular formula is C21H26N4O4. The highest BCUT2D eigenvalue weighted by atomic mass is 16.5. The second-order valence-corrected chi connectivity index (χ2v) is 7.80. The monoisotopic (exact) mass is 398 g/mol. The van der Waals surface area contributed by atoms with Gasteiger partial charge in [-0.2, -0.15) is 0 Å². The molecule has 2 heterocycles. The smallest absolute Gasteiger partial charge is 0.255 e. The molecule has 1 fully saturated rings. The van der Waals surface area contributed by atoms with E-state index in [4.69, 9.17) is 6.42 Å². The highest BCUT2D eigenvalue weighted by molar-refractivity contribution is 6.05. The summed E-state index contributed by atoms with van der Waals surface area (Å²) in [6, 6.07) is 4.69. The van der Waals surface area contributed by atoms with Gasteiger partial charge in [0.25, 0.3) is 5.91 Å². The van der Waals surface area contributed by atoms with Crippen LogP contribution in [0.25, 0.3) is 0 Å². The average Bonchev–Trinajstić information content (AvgIpc) is 2.97. The summed E-state index contributed by atoms with van der Waals surface area (Å²) in [5.74, 6) is 1.59. The van der Waals surface area contributed by atoms with Crippen molar-refractivity contribution in [1.82, 2.24) is 10.2 Å². The molecule has 3 amide bonds. The van der Waals surface area contributed by atoms with E-state index in [1.807, 2.05) is 13.0 Å². The van der Waals surface area contributed by atoms with E-state index < -0.39 is 22.8 Å². The average molecular weight is 398 g/mol. The zero-order valence-corrected chi connectivity index (χ0v) is 16.7. The van der Waals surface area contributed by atoms with Crippen molar-refractivity contribution in [3.63, 3.8) is 0 Å². The van der Waals surface area contributed by atoms with Crippen molar-refractivity contribution in [1.29, 1.82) is 0 Å². The Balaban J connectivity index is 1.69. The Morgan fingerprint density at radius 3 is 2.86 bits per heavy atom. The standard InChI is InChI=1S/C21H26N4O4/c1-4-5-6-11-25(3,29)14(2)22-16-7-8-17-15(12-16)13-24(21(17)28)18-9-10-19(26)23-20(18)27/h1,7-8,12,14,18,22H,5-6,9-11,13H2,2-3H3,(H,23,26,27). The van der Waals surface area contributed by atoms with Crippen LogP contribution in [0.5, 0.6) is 0 Å². The predicted octanol–water partition coefficient (Wildman–Crippen LogP) is 1.56. The molecule has 2 N–H and O–H groups in total. The number of nitrogens with zero attached hydrogens (tertiary/aromatic N) is 2. The molecule has 1 aromatic carbocycles. The molecule has 0 aromatic heterocycles. The number of carbonyl (C=O) groups is 3. The van der Waals surface area contributed by atoms with Crippen molar-refractivity contribution < 1.29 is 19.0 Å². The van der Waals surface area contributed by atoms with Gasteiger partial charge in [-0.25, -0.2) is 0 Å². The topological polar surface area (TPSA) is 102 Å². The summed E-state index contributed by atoms with van der Waals surface area (Å²) in [6.45, 7) is 2.53. The van der Waals surface area contributed by atoms with Crippen LogP contribution in [-0.2, 0) is 16.1 Å². The van der Waals surface area contributed by atoms with Crippen LogP contribution in [0.1, 0.15) is 48.5 Å². The molecule has 154 valence electrons. The molecule has 0 radical (unpaired) electrons. The van der Waals surface area contributed by atoms with Crippen molar-refractivity contribution in [2.24, 2.45) is 0 Å². The Bertz CT molecular complexity index is 874. The number of anilines is 1. The van der Waals surface area contributed by atoms with Crippen LogP contribution in [0.15, 0.2) is 18.2 Å². The number of amides is 3. The summed E-state index contributed by atoms with van der Waals surface area (Å²) in [5.41, 5.74) is 2.08. The van der Waals surface area contributed by atoms with Gasteiger partial charge in [0.2, 0.25) is 11.8 Å². The largest absolute Gasteiger partial charge is 0.631 e. The molecule has 8 nitrogen and oxygen atoms in total. The van der Waals surface area contributed by atoms with Gasteiger partial charge in [0.1, 0.15) is 6.04 Å². The van der Waals surface area contributed by atoms with E-state index in [-0.39, 0.29) is 18.2 Å². The van der Waals surface area contributed by atoms with E-state index in [0.717, 1.165) is 11.3 Å². The van der Waals surface area contributed by atoms with Gasteiger partial charge in [-0.15, -0.1) is 12.3 Å². The minimum absolute atomic E-state index is 0.215. The van der Waals surface area contributed by atoms with Gasteiger partial charge < -0.3 is 20.1 Å². The number of hydrogen-bond donors (Lipinski definition) is 2. The third-order valence-corrected chi connectivity index (χ3v) is 5.64. The lowest BCUT2D eigenvalue weighted by Gasteiger charge is -2.44.